The molecule has 0 aliphatic heterocycles. The van der Waals surface area contributed by atoms with Crippen LogP contribution in [0.25, 0.3) is 0 Å². The van der Waals surface area contributed by atoms with E-state index in [1.165, 1.54) is 24.3 Å². The second kappa shape index (κ2) is 5.67. The van der Waals surface area contributed by atoms with E-state index in [4.69, 9.17) is 11.0 Å². The Bertz CT molecular complexity index is 700. The SMILES string of the molecule is N#Cc1cccc(NC(=O)c2ccc(C(N)=O)cc2)c1. The molecule has 0 aliphatic rings. The third kappa shape index (κ3) is 3.00. The smallest absolute Gasteiger partial charge is 0.255 e. The number of nitriles is 1. The van der Waals surface area contributed by atoms with Gasteiger partial charge in [-0.05, 0) is 42.5 Å². The van der Waals surface area contributed by atoms with Crippen molar-refractivity contribution in [1.82, 2.24) is 0 Å². The maximum absolute atomic E-state index is 12.0. The predicted molar refractivity (Wildman–Crippen MR) is 74.1 cm³/mol. The van der Waals surface area contributed by atoms with Gasteiger partial charge in [-0.15, -0.1) is 0 Å². The van der Waals surface area contributed by atoms with E-state index in [-0.39, 0.29) is 5.91 Å². The topological polar surface area (TPSA) is 96.0 Å². The summed E-state index contributed by atoms with van der Waals surface area (Å²) in [5, 5.41) is 11.5. The van der Waals surface area contributed by atoms with Gasteiger partial charge in [0.15, 0.2) is 0 Å². The molecule has 2 aromatic rings. The predicted octanol–water partition coefficient (Wildman–Crippen LogP) is 1.91. The molecule has 0 heterocycles. The summed E-state index contributed by atoms with van der Waals surface area (Å²) in [7, 11) is 0. The molecular weight excluding hydrogens is 254 g/mol. The molecule has 5 nitrogen and oxygen atoms in total. The van der Waals surface area contributed by atoms with Gasteiger partial charge in [0.1, 0.15) is 0 Å². The van der Waals surface area contributed by atoms with Crippen molar-refractivity contribution in [3.05, 3.63) is 65.2 Å². The van der Waals surface area contributed by atoms with Crippen LogP contribution >= 0.6 is 0 Å². The van der Waals surface area contributed by atoms with Gasteiger partial charge in [-0.2, -0.15) is 5.26 Å². The highest BCUT2D eigenvalue weighted by molar-refractivity contribution is 6.05. The van der Waals surface area contributed by atoms with E-state index in [9.17, 15) is 9.59 Å². The molecule has 0 unspecified atom stereocenters. The number of nitrogens with two attached hydrogens (primary N) is 1. The molecule has 20 heavy (non-hydrogen) atoms. The van der Waals surface area contributed by atoms with Crippen LogP contribution in [-0.2, 0) is 0 Å². The summed E-state index contributed by atoms with van der Waals surface area (Å²) in [5.74, 6) is -0.866. The zero-order chi connectivity index (χ0) is 14.5. The Morgan fingerprint density at radius 1 is 1.05 bits per heavy atom. The number of rotatable bonds is 3. The first-order chi connectivity index (χ1) is 9.60. The van der Waals surface area contributed by atoms with E-state index in [0.717, 1.165) is 0 Å². The van der Waals surface area contributed by atoms with Gasteiger partial charge in [0, 0.05) is 16.8 Å². The maximum atomic E-state index is 12.0. The Balaban J connectivity index is 2.15. The second-order valence-electron chi connectivity index (χ2n) is 4.09. The number of amides is 2. The molecule has 0 aromatic heterocycles. The van der Waals surface area contributed by atoms with Crippen molar-refractivity contribution >= 4 is 17.5 Å². The van der Waals surface area contributed by atoms with Crippen LogP contribution in [0.15, 0.2) is 48.5 Å². The minimum absolute atomic E-state index is 0.323. The van der Waals surface area contributed by atoms with Gasteiger partial charge < -0.3 is 11.1 Å². The highest BCUT2D eigenvalue weighted by atomic mass is 16.2. The summed E-state index contributed by atoms with van der Waals surface area (Å²) in [5.41, 5.74) is 6.87. The van der Waals surface area contributed by atoms with E-state index in [0.29, 0.717) is 22.4 Å². The summed E-state index contributed by atoms with van der Waals surface area (Å²) >= 11 is 0. The normalized spacial score (nSPS) is 9.55. The Morgan fingerprint density at radius 2 is 1.70 bits per heavy atom. The van der Waals surface area contributed by atoms with Crippen LogP contribution in [0.4, 0.5) is 5.69 Å². The number of nitrogens with one attached hydrogen (secondary N) is 1. The van der Waals surface area contributed by atoms with E-state index in [2.05, 4.69) is 5.32 Å². The second-order valence-corrected chi connectivity index (χ2v) is 4.09. The first-order valence-corrected chi connectivity index (χ1v) is 5.81. The monoisotopic (exact) mass is 265 g/mol. The lowest BCUT2D eigenvalue weighted by Gasteiger charge is -2.05. The van der Waals surface area contributed by atoms with Crippen molar-refractivity contribution in [1.29, 1.82) is 5.26 Å². The lowest BCUT2D eigenvalue weighted by atomic mass is 10.1. The number of anilines is 1. The average molecular weight is 265 g/mol. The quantitative estimate of drug-likeness (QED) is 0.887. The van der Waals surface area contributed by atoms with Crippen molar-refractivity contribution in [3.8, 4) is 6.07 Å². The largest absolute Gasteiger partial charge is 0.366 e. The van der Waals surface area contributed by atoms with Crippen molar-refractivity contribution in [2.75, 3.05) is 5.32 Å². The average Bonchev–Trinajstić information content (AvgIpc) is 2.47. The Hall–Kier alpha value is -3.13. The first-order valence-electron chi connectivity index (χ1n) is 5.81. The molecule has 0 radical (unpaired) electrons. The molecule has 0 bridgehead atoms. The molecule has 3 N–H and O–H groups in total. The lowest BCUT2D eigenvalue weighted by Crippen LogP contribution is -2.14. The van der Waals surface area contributed by atoms with Crippen LogP contribution in [0, 0.1) is 11.3 Å². The number of primary amides is 1. The van der Waals surface area contributed by atoms with Gasteiger partial charge in [-0.1, -0.05) is 6.07 Å². The number of hydrogen-bond donors (Lipinski definition) is 2. The number of carbonyl (C=O) groups is 2. The molecule has 0 aliphatic carbocycles. The van der Waals surface area contributed by atoms with Gasteiger partial charge in [-0.25, -0.2) is 0 Å². The number of carbonyl (C=O) groups excluding carboxylic acids is 2. The number of hydrogen-bond acceptors (Lipinski definition) is 3. The summed E-state index contributed by atoms with van der Waals surface area (Å²) in [6.45, 7) is 0. The van der Waals surface area contributed by atoms with Gasteiger partial charge in [0.05, 0.1) is 11.6 Å². The van der Waals surface area contributed by atoms with Gasteiger partial charge >= 0.3 is 0 Å². The molecular formula is C15H11N3O2. The van der Waals surface area contributed by atoms with Crippen molar-refractivity contribution in [2.45, 2.75) is 0 Å². The van der Waals surface area contributed by atoms with Crippen molar-refractivity contribution in [2.24, 2.45) is 5.73 Å². The zero-order valence-electron chi connectivity index (χ0n) is 10.5. The Morgan fingerprint density at radius 3 is 2.30 bits per heavy atom. The van der Waals surface area contributed by atoms with Crippen LogP contribution in [0.5, 0.6) is 0 Å². The maximum Gasteiger partial charge on any atom is 0.255 e. The standard InChI is InChI=1S/C15H11N3O2/c16-9-10-2-1-3-13(8-10)18-15(20)12-6-4-11(5-7-12)14(17)19/h1-8H,(H2,17,19)(H,18,20). The molecule has 2 amide bonds. The van der Waals surface area contributed by atoms with Crippen molar-refractivity contribution < 1.29 is 9.59 Å². The third-order valence-corrected chi connectivity index (χ3v) is 2.68. The van der Waals surface area contributed by atoms with Crippen LogP contribution in [0.1, 0.15) is 26.3 Å². The third-order valence-electron chi connectivity index (χ3n) is 2.68. The van der Waals surface area contributed by atoms with E-state index >= 15 is 0 Å². The van der Waals surface area contributed by atoms with E-state index in [1.54, 1.807) is 24.3 Å². The molecule has 0 spiro atoms. The summed E-state index contributed by atoms with van der Waals surface area (Å²) in [6.07, 6.45) is 0. The summed E-state index contributed by atoms with van der Waals surface area (Å²) in [4.78, 5) is 22.9. The minimum Gasteiger partial charge on any atom is -0.366 e. The minimum atomic E-state index is -0.543. The van der Waals surface area contributed by atoms with Gasteiger partial charge in [0.2, 0.25) is 5.91 Å². The van der Waals surface area contributed by atoms with Gasteiger partial charge in [0.25, 0.3) is 5.91 Å². The molecule has 0 saturated heterocycles. The first kappa shape index (κ1) is 13.3. The van der Waals surface area contributed by atoms with E-state index in [1.807, 2.05) is 6.07 Å². The Labute approximate surface area is 115 Å². The lowest BCUT2D eigenvalue weighted by molar-refractivity contribution is 0.0995. The summed E-state index contributed by atoms with van der Waals surface area (Å²) in [6, 6.07) is 14.6. The molecule has 0 atom stereocenters. The fraction of sp³-hybridized carbons (Fsp3) is 0. The summed E-state index contributed by atoms with van der Waals surface area (Å²) < 4.78 is 0. The molecule has 0 saturated carbocycles. The molecule has 2 rings (SSSR count). The molecule has 98 valence electrons. The number of nitrogens with zero attached hydrogens (tertiary/aromatic N) is 1. The fourth-order valence-corrected chi connectivity index (χ4v) is 1.66. The highest BCUT2D eigenvalue weighted by Gasteiger charge is 2.07. The van der Waals surface area contributed by atoms with Crippen LogP contribution in [0.3, 0.4) is 0 Å². The number of benzene rings is 2. The molecule has 0 fully saturated rings. The molecule has 5 heteroatoms. The van der Waals surface area contributed by atoms with Gasteiger partial charge in [-0.3, -0.25) is 9.59 Å². The fourth-order valence-electron chi connectivity index (χ4n) is 1.66. The van der Waals surface area contributed by atoms with Crippen LogP contribution in [0.2, 0.25) is 0 Å². The molecule has 2 aromatic carbocycles. The van der Waals surface area contributed by atoms with E-state index < -0.39 is 5.91 Å². The Kier molecular flexibility index (Phi) is 3.77. The zero-order valence-corrected chi connectivity index (χ0v) is 10.5. The van der Waals surface area contributed by atoms with Crippen molar-refractivity contribution in [3.63, 3.8) is 0 Å². The highest BCUT2D eigenvalue weighted by Crippen LogP contribution is 2.12. The van der Waals surface area contributed by atoms with Crippen LogP contribution < -0.4 is 11.1 Å². The van der Waals surface area contributed by atoms with Crippen LogP contribution in [-0.4, -0.2) is 11.8 Å².